The van der Waals surface area contributed by atoms with Crippen molar-refractivity contribution in [3.8, 4) is 11.5 Å². The average molecular weight is 411 g/mol. The van der Waals surface area contributed by atoms with Crippen molar-refractivity contribution in [2.24, 2.45) is 5.92 Å². The van der Waals surface area contributed by atoms with E-state index in [9.17, 15) is 4.79 Å². The molecule has 1 fully saturated rings. The Morgan fingerprint density at radius 2 is 1.80 bits per heavy atom. The number of hydrogen-bond acceptors (Lipinski definition) is 4. The molecule has 0 spiro atoms. The Balaban J connectivity index is 1.56. The van der Waals surface area contributed by atoms with Gasteiger partial charge in [-0.15, -0.1) is 0 Å². The molecule has 2 aromatic rings. The minimum Gasteiger partial charge on any atom is -0.493 e. The highest BCUT2D eigenvalue weighted by molar-refractivity contribution is 5.79. The fraction of sp³-hybridized carbons (Fsp3) is 0.480. The lowest BCUT2D eigenvalue weighted by Crippen LogP contribution is -2.41. The Labute approximate surface area is 180 Å². The summed E-state index contributed by atoms with van der Waals surface area (Å²) in [5.74, 6) is 1.62. The van der Waals surface area contributed by atoms with Crippen LogP contribution in [-0.2, 0) is 11.3 Å². The van der Waals surface area contributed by atoms with Crippen LogP contribution >= 0.6 is 0 Å². The number of nitrogens with zero attached hydrogens (tertiary/aromatic N) is 1. The van der Waals surface area contributed by atoms with Crippen molar-refractivity contribution >= 4 is 5.91 Å². The highest BCUT2D eigenvalue weighted by Gasteiger charge is 2.27. The summed E-state index contributed by atoms with van der Waals surface area (Å²) in [6.45, 7) is 7.13. The van der Waals surface area contributed by atoms with Gasteiger partial charge >= 0.3 is 0 Å². The first-order valence-electron chi connectivity index (χ1n) is 10.8. The fourth-order valence-electron chi connectivity index (χ4n) is 4.16. The number of piperidine rings is 1. The molecule has 1 aliphatic heterocycles. The lowest BCUT2D eigenvalue weighted by atomic mass is 9.94. The summed E-state index contributed by atoms with van der Waals surface area (Å²) >= 11 is 0. The Hall–Kier alpha value is -2.53. The Morgan fingerprint density at radius 1 is 1.10 bits per heavy atom. The van der Waals surface area contributed by atoms with Crippen molar-refractivity contribution in [2.45, 2.75) is 45.7 Å². The van der Waals surface area contributed by atoms with E-state index < -0.39 is 0 Å². The van der Waals surface area contributed by atoms with E-state index in [0.29, 0.717) is 11.5 Å². The molecule has 0 bridgehead atoms. The molecule has 3 rings (SSSR count). The van der Waals surface area contributed by atoms with Crippen LogP contribution in [0.25, 0.3) is 0 Å². The van der Waals surface area contributed by atoms with Gasteiger partial charge in [0.15, 0.2) is 11.5 Å². The predicted molar refractivity (Wildman–Crippen MR) is 120 cm³/mol. The van der Waals surface area contributed by atoms with Gasteiger partial charge in [0, 0.05) is 12.5 Å². The van der Waals surface area contributed by atoms with Gasteiger partial charge in [-0.1, -0.05) is 37.3 Å². The highest BCUT2D eigenvalue weighted by Crippen LogP contribution is 2.31. The summed E-state index contributed by atoms with van der Waals surface area (Å²) in [6.07, 6.45) is 2.63. The third-order valence-corrected chi connectivity index (χ3v) is 6.15. The van der Waals surface area contributed by atoms with Crippen LogP contribution in [-0.4, -0.2) is 38.1 Å². The average Bonchev–Trinajstić information content (AvgIpc) is 2.78. The Morgan fingerprint density at radius 3 is 2.43 bits per heavy atom. The van der Waals surface area contributed by atoms with E-state index in [2.05, 4.69) is 48.3 Å². The fourth-order valence-corrected chi connectivity index (χ4v) is 4.16. The van der Waals surface area contributed by atoms with Crippen LogP contribution in [0.2, 0.25) is 0 Å². The predicted octanol–water partition coefficient (Wildman–Crippen LogP) is 4.49. The van der Waals surface area contributed by atoms with Crippen LogP contribution in [0.4, 0.5) is 0 Å². The molecular weight excluding hydrogens is 376 g/mol. The summed E-state index contributed by atoms with van der Waals surface area (Å²) in [6, 6.07) is 14.4. The van der Waals surface area contributed by atoms with Crippen LogP contribution in [0, 0.1) is 12.8 Å². The zero-order chi connectivity index (χ0) is 21.5. The van der Waals surface area contributed by atoms with Crippen molar-refractivity contribution < 1.29 is 14.3 Å². The highest BCUT2D eigenvalue weighted by atomic mass is 16.5. The largest absolute Gasteiger partial charge is 0.493 e. The number of benzene rings is 2. The second-order valence-corrected chi connectivity index (χ2v) is 8.06. The maximum Gasteiger partial charge on any atom is 0.223 e. The molecule has 1 heterocycles. The van der Waals surface area contributed by atoms with Crippen molar-refractivity contribution in [1.29, 1.82) is 0 Å². The third kappa shape index (κ3) is 5.33. The monoisotopic (exact) mass is 410 g/mol. The number of carbonyl (C=O) groups excluding carboxylic acids is 1. The number of amides is 1. The molecule has 0 radical (unpaired) electrons. The first kappa shape index (κ1) is 22.2. The van der Waals surface area contributed by atoms with Crippen molar-refractivity contribution in [1.82, 2.24) is 10.2 Å². The first-order valence-corrected chi connectivity index (χ1v) is 10.8. The van der Waals surface area contributed by atoms with Crippen molar-refractivity contribution in [2.75, 3.05) is 27.3 Å². The summed E-state index contributed by atoms with van der Waals surface area (Å²) in [7, 11) is 3.26. The van der Waals surface area contributed by atoms with Crippen LogP contribution in [0.15, 0.2) is 42.5 Å². The molecule has 0 aliphatic carbocycles. The molecule has 5 nitrogen and oxygen atoms in total. The number of aryl methyl sites for hydroxylation is 1. The second-order valence-electron chi connectivity index (χ2n) is 8.06. The number of hydrogen-bond donors (Lipinski definition) is 1. The quantitative estimate of drug-likeness (QED) is 0.697. The van der Waals surface area contributed by atoms with Gasteiger partial charge in [0.05, 0.1) is 20.3 Å². The lowest BCUT2D eigenvalue weighted by Gasteiger charge is -2.32. The molecule has 1 saturated heterocycles. The van der Waals surface area contributed by atoms with Gasteiger partial charge in [-0.05, 0) is 68.1 Å². The number of ether oxygens (including phenoxy) is 2. The van der Waals surface area contributed by atoms with E-state index >= 15 is 0 Å². The van der Waals surface area contributed by atoms with E-state index in [1.54, 1.807) is 14.2 Å². The SMILES string of the molecule is CC[C@H](NC(=O)C1CCN(Cc2ccccc2C)CC1)c1ccc(OC)c(OC)c1. The Bertz CT molecular complexity index is 844. The smallest absolute Gasteiger partial charge is 0.223 e. The van der Waals surface area contributed by atoms with Gasteiger partial charge < -0.3 is 14.8 Å². The van der Waals surface area contributed by atoms with Gasteiger partial charge in [-0.25, -0.2) is 0 Å². The number of nitrogens with one attached hydrogen (secondary N) is 1. The Kier molecular flexibility index (Phi) is 7.75. The normalized spacial score (nSPS) is 16.1. The van der Waals surface area contributed by atoms with E-state index in [-0.39, 0.29) is 17.9 Å². The van der Waals surface area contributed by atoms with Gasteiger partial charge in [0.2, 0.25) is 5.91 Å². The third-order valence-electron chi connectivity index (χ3n) is 6.15. The topological polar surface area (TPSA) is 50.8 Å². The van der Waals surface area contributed by atoms with Gasteiger partial charge in [-0.3, -0.25) is 9.69 Å². The molecule has 162 valence electrons. The lowest BCUT2D eigenvalue weighted by molar-refractivity contribution is -0.127. The molecule has 5 heteroatoms. The van der Waals surface area contributed by atoms with Crippen molar-refractivity contribution in [3.05, 3.63) is 59.2 Å². The van der Waals surface area contributed by atoms with E-state index in [0.717, 1.165) is 44.5 Å². The molecular formula is C25H34N2O3. The zero-order valence-corrected chi connectivity index (χ0v) is 18.6. The molecule has 0 unspecified atom stereocenters. The second kappa shape index (κ2) is 10.5. The summed E-state index contributed by atoms with van der Waals surface area (Å²) in [5.41, 5.74) is 3.75. The summed E-state index contributed by atoms with van der Waals surface area (Å²) in [5, 5.41) is 3.26. The molecule has 1 aliphatic rings. The molecule has 0 aromatic heterocycles. The molecule has 0 saturated carbocycles. The minimum absolute atomic E-state index is 0.0256. The molecule has 2 aromatic carbocycles. The molecule has 1 amide bonds. The number of rotatable bonds is 8. The molecule has 1 atom stereocenters. The van der Waals surface area contributed by atoms with Crippen LogP contribution < -0.4 is 14.8 Å². The van der Waals surface area contributed by atoms with E-state index in [1.807, 2.05) is 18.2 Å². The molecule has 1 N–H and O–H groups in total. The summed E-state index contributed by atoms with van der Waals surface area (Å²) < 4.78 is 10.7. The van der Waals surface area contributed by atoms with E-state index in [4.69, 9.17) is 9.47 Å². The number of methoxy groups -OCH3 is 2. The first-order chi connectivity index (χ1) is 14.5. The minimum atomic E-state index is -0.0256. The van der Waals surface area contributed by atoms with Crippen LogP contribution in [0.1, 0.15) is 48.9 Å². The van der Waals surface area contributed by atoms with E-state index in [1.165, 1.54) is 11.1 Å². The standard InChI is InChI=1S/C25H34N2O3/c1-5-22(20-10-11-23(29-3)24(16-20)30-4)26-25(28)19-12-14-27(15-13-19)17-21-9-7-6-8-18(21)2/h6-11,16,19,22H,5,12-15,17H2,1-4H3,(H,26,28)/t22-/m0/s1. The maximum absolute atomic E-state index is 13.0. The van der Waals surface area contributed by atoms with Gasteiger partial charge in [0.1, 0.15) is 0 Å². The van der Waals surface area contributed by atoms with Gasteiger partial charge in [-0.2, -0.15) is 0 Å². The summed E-state index contributed by atoms with van der Waals surface area (Å²) in [4.78, 5) is 15.4. The maximum atomic E-state index is 13.0. The number of likely N-dealkylation sites (tertiary alicyclic amines) is 1. The number of carbonyl (C=O) groups is 1. The van der Waals surface area contributed by atoms with Crippen LogP contribution in [0.3, 0.4) is 0 Å². The molecule has 30 heavy (non-hydrogen) atoms. The zero-order valence-electron chi connectivity index (χ0n) is 18.6. The van der Waals surface area contributed by atoms with Crippen LogP contribution in [0.5, 0.6) is 11.5 Å². The van der Waals surface area contributed by atoms with Gasteiger partial charge in [0.25, 0.3) is 0 Å². The van der Waals surface area contributed by atoms with Crippen molar-refractivity contribution in [3.63, 3.8) is 0 Å².